The summed E-state index contributed by atoms with van der Waals surface area (Å²) in [4.78, 5) is 29.5. The lowest BCUT2D eigenvalue weighted by molar-refractivity contribution is 0.0601. The predicted octanol–water partition coefficient (Wildman–Crippen LogP) is 2.82. The van der Waals surface area contributed by atoms with Crippen LogP contribution in [0.5, 0.6) is 0 Å². The maximum Gasteiger partial charge on any atom is 0.337 e. The lowest BCUT2D eigenvalue weighted by Crippen LogP contribution is -2.29. The molecule has 1 aliphatic heterocycles. The molecule has 8 heteroatoms. The number of rotatable bonds is 7. The largest absolute Gasteiger partial charge is 0.465 e. The summed E-state index contributed by atoms with van der Waals surface area (Å²) < 4.78 is 12.2. The third-order valence-corrected chi connectivity index (χ3v) is 6.12. The molecule has 0 unspecified atom stereocenters. The Hall–Kier alpha value is -1.51. The van der Waals surface area contributed by atoms with Gasteiger partial charge in [-0.3, -0.25) is 9.36 Å². The third kappa shape index (κ3) is 4.24. The summed E-state index contributed by atoms with van der Waals surface area (Å²) in [5.74, 6) is 1.40. The number of methoxy groups -OCH3 is 1. The summed E-state index contributed by atoms with van der Waals surface area (Å²) in [5, 5.41) is 1.18. The van der Waals surface area contributed by atoms with Gasteiger partial charge < -0.3 is 9.47 Å². The molecule has 2 heterocycles. The molecule has 0 saturated carbocycles. The van der Waals surface area contributed by atoms with Crippen LogP contribution in [0.25, 0.3) is 10.9 Å². The Morgan fingerprint density at radius 3 is 2.96 bits per heavy atom. The van der Waals surface area contributed by atoms with Crippen LogP contribution < -0.4 is 5.56 Å². The van der Waals surface area contributed by atoms with Gasteiger partial charge in [-0.05, 0) is 37.3 Å². The van der Waals surface area contributed by atoms with Crippen molar-refractivity contribution in [3.05, 3.63) is 34.1 Å². The minimum absolute atomic E-state index is 0.0567. The van der Waals surface area contributed by atoms with E-state index in [2.05, 4.69) is 11.2 Å². The molecule has 0 aliphatic carbocycles. The summed E-state index contributed by atoms with van der Waals surface area (Å²) in [5.41, 5.74) is 0.825. The fraction of sp³-hybridized carbons (Fsp3) is 0.500. The molecule has 0 N–H and O–H groups in total. The molecular formula is C18H22N2O4S2. The Morgan fingerprint density at radius 1 is 1.42 bits per heavy atom. The van der Waals surface area contributed by atoms with Crippen LogP contribution in [0.4, 0.5) is 0 Å². The van der Waals surface area contributed by atoms with Crippen molar-refractivity contribution in [3.8, 4) is 0 Å². The molecule has 3 rings (SSSR count). The van der Waals surface area contributed by atoms with E-state index < -0.39 is 5.97 Å². The van der Waals surface area contributed by atoms with E-state index in [-0.39, 0.29) is 11.7 Å². The first-order chi connectivity index (χ1) is 12.6. The van der Waals surface area contributed by atoms with Crippen molar-refractivity contribution in [1.82, 2.24) is 9.55 Å². The molecule has 0 bridgehead atoms. The van der Waals surface area contributed by atoms with Gasteiger partial charge in [0.2, 0.25) is 0 Å². The van der Waals surface area contributed by atoms with Gasteiger partial charge in [0.05, 0.1) is 36.2 Å². The van der Waals surface area contributed by atoms with Crippen molar-refractivity contribution in [2.75, 3.05) is 31.5 Å². The summed E-state index contributed by atoms with van der Waals surface area (Å²) in [7, 11) is 1.34. The van der Waals surface area contributed by atoms with E-state index >= 15 is 0 Å². The molecular weight excluding hydrogens is 372 g/mol. The number of carbonyl (C=O) groups excluding carboxylic acids is 1. The Morgan fingerprint density at radius 2 is 2.27 bits per heavy atom. The fourth-order valence-corrected chi connectivity index (χ4v) is 4.58. The van der Waals surface area contributed by atoms with E-state index in [1.807, 2.05) is 0 Å². The van der Waals surface area contributed by atoms with Gasteiger partial charge in [-0.15, -0.1) is 0 Å². The van der Waals surface area contributed by atoms with Crippen molar-refractivity contribution in [2.24, 2.45) is 0 Å². The van der Waals surface area contributed by atoms with Crippen LogP contribution in [-0.2, 0) is 16.0 Å². The van der Waals surface area contributed by atoms with Crippen LogP contribution in [-0.4, -0.2) is 53.1 Å². The average molecular weight is 395 g/mol. The second kappa shape index (κ2) is 8.92. The normalized spacial score (nSPS) is 16.9. The summed E-state index contributed by atoms with van der Waals surface area (Å²) in [6, 6.07) is 4.88. The zero-order valence-corrected chi connectivity index (χ0v) is 16.5. The monoisotopic (exact) mass is 394 g/mol. The summed E-state index contributed by atoms with van der Waals surface area (Å²) >= 11 is 3.32. The number of hydrogen-bond acceptors (Lipinski definition) is 7. The van der Waals surface area contributed by atoms with E-state index in [0.29, 0.717) is 28.2 Å². The molecule has 1 aromatic carbocycles. The van der Waals surface area contributed by atoms with Gasteiger partial charge in [0.1, 0.15) is 0 Å². The van der Waals surface area contributed by atoms with Gasteiger partial charge in [-0.25, -0.2) is 9.78 Å². The van der Waals surface area contributed by atoms with Gasteiger partial charge in [0, 0.05) is 18.1 Å². The Bertz CT molecular complexity index is 847. The molecule has 1 aliphatic rings. The number of carbonyl (C=O) groups is 1. The van der Waals surface area contributed by atoms with Crippen molar-refractivity contribution in [2.45, 2.75) is 30.6 Å². The smallest absolute Gasteiger partial charge is 0.337 e. The summed E-state index contributed by atoms with van der Waals surface area (Å²) in [6.07, 6.45) is 4.09. The van der Waals surface area contributed by atoms with Crippen LogP contribution in [0, 0.1) is 0 Å². The molecule has 1 fully saturated rings. The van der Waals surface area contributed by atoms with Crippen molar-refractivity contribution < 1.29 is 14.3 Å². The van der Waals surface area contributed by atoms with Crippen LogP contribution in [0.2, 0.25) is 0 Å². The molecule has 140 valence electrons. The molecule has 1 atom stereocenters. The number of fused-ring (bicyclic) bond motifs is 1. The molecule has 0 amide bonds. The number of aromatic nitrogens is 2. The zero-order chi connectivity index (χ0) is 18.5. The first-order valence-electron chi connectivity index (χ1n) is 8.50. The molecule has 1 saturated heterocycles. The van der Waals surface area contributed by atoms with Crippen molar-refractivity contribution >= 4 is 40.4 Å². The highest BCUT2D eigenvalue weighted by Gasteiger charge is 2.20. The minimum Gasteiger partial charge on any atom is -0.465 e. The quantitative estimate of drug-likeness (QED) is 0.309. The van der Waals surface area contributed by atoms with Gasteiger partial charge >= 0.3 is 5.97 Å². The summed E-state index contributed by atoms with van der Waals surface area (Å²) in [6.45, 7) is 1.26. The highest BCUT2D eigenvalue weighted by molar-refractivity contribution is 8.02. The van der Waals surface area contributed by atoms with E-state index in [9.17, 15) is 9.59 Å². The van der Waals surface area contributed by atoms with E-state index in [1.165, 1.54) is 7.11 Å². The maximum atomic E-state index is 13.1. The standard InChI is InChI=1S/C18H22N2O4S2/c1-23-17(22)12-5-6-14-15(10-12)19-18(26-9-8-25-2)20(16(14)21)11-13-4-3-7-24-13/h5-6,10,13H,3-4,7-9,11H2,1-2H3/t13-/m1/s1. The zero-order valence-electron chi connectivity index (χ0n) is 14.9. The van der Waals surface area contributed by atoms with Gasteiger partial charge in [-0.1, -0.05) is 11.8 Å². The van der Waals surface area contributed by atoms with Gasteiger partial charge in [0.25, 0.3) is 5.56 Å². The number of benzene rings is 1. The van der Waals surface area contributed by atoms with Gasteiger partial charge in [-0.2, -0.15) is 11.8 Å². The first-order valence-corrected chi connectivity index (χ1v) is 10.9. The predicted molar refractivity (Wildman–Crippen MR) is 105 cm³/mol. The molecule has 26 heavy (non-hydrogen) atoms. The first kappa shape index (κ1) is 19.3. The van der Waals surface area contributed by atoms with Crippen molar-refractivity contribution in [3.63, 3.8) is 0 Å². The lowest BCUT2D eigenvalue weighted by atomic mass is 10.1. The number of thioether (sulfide) groups is 2. The second-order valence-electron chi connectivity index (χ2n) is 6.01. The highest BCUT2D eigenvalue weighted by Crippen LogP contribution is 2.22. The molecule has 1 aromatic heterocycles. The molecule has 0 spiro atoms. The Balaban J connectivity index is 2.03. The number of esters is 1. The average Bonchev–Trinajstić information content (AvgIpc) is 3.17. The van der Waals surface area contributed by atoms with Crippen LogP contribution in [0.3, 0.4) is 0 Å². The lowest BCUT2D eigenvalue weighted by Gasteiger charge is -2.16. The second-order valence-corrected chi connectivity index (χ2v) is 8.06. The van der Waals surface area contributed by atoms with Gasteiger partial charge in [0.15, 0.2) is 5.16 Å². The van der Waals surface area contributed by atoms with Crippen LogP contribution in [0.1, 0.15) is 23.2 Å². The van der Waals surface area contributed by atoms with Crippen LogP contribution in [0.15, 0.2) is 28.2 Å². The molecule has 2 aromatic rings. The Kier molecular flexibility index (Phi) is 6.61. The number of ether oxygens (including phenoxy) is 2. The SMILES string of the molecule is COC(=O)c1ccc2c(=O)n(C[C@H]3CCCO3)c(SCCSC)nc2c1. The van der Waals surface area contributed by atoms with E-state index in [1.54, 1.807) is 46.3 Å². The third-order valence-electron chi connectivity index (χ3n) is 4.27. The fourth-order valence-electron chi connectivity index (χ4n) is 2.92. The molecule has 0 radical (unpaired) electrons. The number of nitrogens with zero attached hydrogens (tertiary/aromatic N) is 2. The van der Waals surface area contributed by atoms with Crippen LogP contribution >= 0.6 is 23.5 Å². The van der Waals surface area contributed by atoms with Crippen molar-refractivity contribution in [1.29, 1.82) is 0 Å². The van der Waals surface area contributed by atoms with E-state index in [4.69, 9.17) is 9.47 Å². The topological polar surface area (TPSA) is 70.4 Å². The highest BCUT2D eigenvalue weighted by atomic mass is 32.2. The maximum absolute atomic E-state index is 13.1. The Labute approximate surface area is 160 Å². The minimum atomic E-state index is -0.436. The number of hydrogen-bond donors (Lipinski definition) is 0. The molecule has 6 nitrogen and oxygen atoms in total. The van der Waals surface area contributed by atoms with E-state index in [0.717, 1.165) is 31.0 Å².